The zero-order chi connectivity index (χ0) is 24.5. The van der Waals surface area contributed by atoms with Gasteiger partial charge in [-0.05, 0) is 0 Å². The van der Waals surface area contributed by atoms with Gasteiger partial charge in [-0.15, -0.1) is 0 Å². The van der Waals surface area contributed by atoms with Gasteiger partial charge in [0.2, 0.25) is 0 Å². The SMILES string of the molecule is O=C(O)CN1CCN(CC(=O)O)CCN([C@H]2[C@@H](C(=O)O)NC[C@@H]2O)CCN(CC(=O)O)CC1. The number of aliphatic hydroxyl groups excluding tert-OH is 1. The highest BCUT2D eigenvalue weighted by Crippen LogP contribution is 2.17. The summed E-state index contributed by atoms with van der Waals surface area (Å²) in [5, 5.41) is 50.5. The summed E-state index contributed by atoms with van der Waals surface area (Å²) in [6.45, 7) is 1.37. The van der Waals surface area contributed by atoms with Crippen LogP contribution in [0.3, 0.4) is 0 Å². The van der Waals surface area contributed by atoms with E-state index in [2.05, 4.69) is 5.32 Å². The molecule has 0 saturated carbocycles. The molecular weight excluding hydrogens is 442 g/mol. The predicted molar refractivity (Wildman–Crippen MR) is 113 cm³/mol. The second-order valence-corrected chi connectivity index (χ2v) is 8.33. The molecule has 0 aromatic rings. The Balaban J connectivity index is 2.24. The van der Waals surface area contributed by atoms with Crippen molar-refractivity contribution in [2.24, 2.45) is 0 Å². The molecule has 0 amide bonds. The van der Waals surface area contributed by atoms with Gasteiger partial charge >= 0.3 is 23.9 Å². The quantitative estimate of drug-likeness (QED) is 0.200. The Labute approximate surface area is 191 Å². The highest BCUT2D eigenvalue weighted by Gasteiger charge is 2.43. The normalized spacial score (nSPS) is 27.5. The molecule has 0 aromatic heterocycles. The number of hydrogen-bond acceptors (Lipinski definition) is 10. The largest absolute Gasteiger partial charge is 0.480 e. The molecule has 2 saturated heterocycles. The van der Waals surface area contributed by atoms with E-state index in [1.807, 2.05) is 0 Å². The van der Waals surface area contributed by atoms with E-state index in [1.165, 1.54) is 0 Å². The van der Waals surface area contributed by atoms with Gasteiger partial charge in [-0.1, -0.05) is 0 Å². The molecule has 14 nitrogen and oxygen atoms in total. The summed E-state index contributed by atoms with van der Waals surface area (Å²) in [7, 11) is 0. The summed E-state index contributed by atoms with van der Waals surface area (Å²) in [5.74, 6) is -4.24. The molecule has 2 aliphatic rings. The first-order chi connectivity index (χ1) is 15.6. The second-order valence-electron chi connectivity index (χ2n) is 8.33. The lowest BCUT2D eigenvalue weighted by Gasteiger charge is -2.37. The molecule has 0 bridgehead atoms. The highest BCUT2D eigenvalue weighted by atomic mass is 16.4. The number of carboxylic acids is 4. The molecule has 2 heterocycles. The van der Waals surface area contributed by atoms with Crippen LogP contribution in [0.4, 0.5) is 0 Å². The lowest BCUT2D eigenvalue weighted by molar-refractivity contribution is -0.141. The smallest absolute Gasteiger partial charge is 0.322 e. The molecule has 3 atom stereocenters. The maximum atomic E-state index is 11.7. The lowest BCUT2D eigenvalue weighted by Crippen LogP contribution is -2.56. The zero-order valence-corrected chi connectivity index (χ0v) is 18.4. The predicted octanol–water partition coefficient (Wildman–Crippen LogP) is -3.75. The van der Waals surface area contributed by atoms with Gasteiger partial charge in [0.1, 0.15) is 6.04 Å². The fourth-order valence-electron chi connectivity index (χ4n) is 4.30. The monoisotopic (exact) mass is 475 g/mol. The van der Waals surface area contributed by atoms with Crippen molar-refractivity contribution in [3.05, 3.63) is 0 Å². The van der Waals surface area contributed by atoms with Crippen LogP contribution in [0.2, 0.25) is 0 Å². The Morgan fingerprint density at radius 3 is 1.36 bits per heavy atom. The fourth-order valence-corrected chi connectivity index (χ4v) is 4.30. The number of nitrogens with zero attached hydrogens (tertiary/aromatic N) is 4. The van der Waals surface area contributed by atoms with E-state index in [0.29, 0.717) is 0 Å². The zero-order valence-electron chi connectivity index (χ0n) is 18.4. The maximum absolute atomic E-state index is 11.7. The summed E-state index contributed by atoms with van der Waals surface area (Å²) in [6, 6.07) is -1.77. The van der Waals surface area contributed by atoms with Crippen molar-refractivity contribution in [2.75, 3.05) is 78.5 Å². The number of β-amino-alcohol motifs (C(OH)–C–C–N with tert-alkyl or cyclic N) is 1. The first-order valence-corrected chi connectivity index (χ1v) is 10.8. The summed E-state index contributed by atoms with van der Waals surface area (Å²) >= 11 is 0. The molecule has 14 heteroatoms. The number of aliphatic hydroxyl groups is 1. The van der Waals surface area contributed by atoms with Crippen molar-refractivity contribution >= 4 is 23.9 Å². The van der Waals surface area contributed by atoms with E-state index in [1.54, 1.807) is 19.6 Å². The maximum Gasteiger partial charge on any atom is 0.322 e. The Hall–Kier alpha value is -2.36. The molecule has 0 spiro atoms. The Kier molecular flexibility index (Phi) is 10.4. The van der Waals surface area contributed by atoms with Gasteiger partial charge in [0.05, 0.1) is 31.8 Å². The third-order valence-corrected chi connectivity index (χ3v) is 5.92. The Morgan fingerprint density at radius 2 is 1.03 bits per heavy atom. The molecule has 0 radical (unpaired) electrons. The topological polar surface area (TPSA) is 194 Å². The molecule has 0 aromatic carbocycles. The molecular formula is C19H33N5O9. The number of rotatable bonds is 8. The number of nitrogens with one attached hydrogen (secondary N) is 1. The van der Waals surface area contributed by atoms with E-state index in [0.717, 1.165) is 0 Å². The molecule has 0 aliphatic carbocycles. The first-order valence-electron chi connectivity index (χ1n) is 10.8. The lowest BCUT2D eigenvalue weighted by atomic mass is 10.1. The standard InChI is InChI=1S/C19H33N5O9/c25-13-9-20-17(19(32)33)18(13)24-7-5-22(11-15(28)29)3-1-21(10-14(26)27)2-4-23(6-8-24)12-16(30)31/h13,17-18,20,25H,1-12H2,(H,26,27)(H,28,29)(H,30,31)(H,32,33)/t13-,17-,18+/m0/s1. The van der Waals surface area contributed by atoms with E-state index in [9.17, 15) is 44.7 Å². The Bertz CT molecular complexity index is 677. The van der Waals surface area contributed by atoms with Gasteiger partial charge < -0.3 is 30.8 Å². The minimum absolute atomic E-state index is 0.0972. The molecule has 33 heavy (non-hydrogen) atoms. The van der Waals surface area contributed by atoms with E-state index in [4.69, 9.17) is 0 Å². The van der Waals surface area contributed by atoms with Crippen LogP contribution in [0.5, 0.6) is 0 Å². The van der Waals surface area contributed by atoms with Crippen molar-refractivity contribution in [1.29, 1.82) is 0 Å². The van der Waals surface area contributed by atoms with Crippen molar-refractivity contribution < 1.29 is 44.7 Å². The number of aliphatic carboxylic acids is 4. The molecule has 2 fully saturated rings. The number of carboxylic acid groups (broad SMARTS) is 4. The van der Waals surface area contributed by atoms with Crippen LogP contribution >= 0.6 is 0 Å². The summed E-state index contributed by atoms with van der Waals surface area (Å²) in [5.41, 5.74) is 0. The van der Waals surface area contributed by atoms with Crippen molar-refractivity contribution in [2.45, 2.75) is 18.2 Å². The summed E-state index contributed by atoms with van der Waals surface area (Å²) < 4.78 is 0. The Morgan fingerprint density at radius 1 is 0.667 bits per heavy atom. The molecule has 6 N–H and O–H groups in total. The van der Waals surface area contributed by atoms with E-state index < -0.39 is 42.1 Å². The van der Waals surface area contributed by atoms with Crippen molar-refractivity contribution in [1.82, 2.24) is 24.9 Å². The van der Waals surface area contributed by atoms with Crippen LogP contribution in [0.25, 0.3) is 0 Å². The van der Waals surface area contributed by atoms with Crippen molar-refractivity contribution in [3.63, 3.8) is 0 Å². The van der Waals surface area contributed by atoms with Crippen LogP contribution in [0, 0.1) is 0 Å². The minimum atomic E-state index is -1.11. The average molecular weight is 475 g/mol. The van der Waals surface area contributed by atoms with Gasteiger partial charge in [-0.3, -0.25) is 38.8 Å². The first kappa shape index (κ1) is 26.9. The fraction of sp³-hybridized carbons (Fsp3) is 0.789. The van der Waals surface area contributed by atoms with Gasteiger partial charge in [-0.25, -0.2) is 0 Å². The molecule has 2 aliphatic heterocycles. The molecule has 0 unspecified atom stereocenters. The summed E-state index contributed by atoms with van der Waals surface area (Å²) in [4.78, 5) is 52.3. The average Bonchev–Trinajstić information content (AvgIpc) is 3.08. The van der Waals surface area contributed by atoms with Crippen LogP contribution in [-0.4, -0.2) is 166 Å². The van der Waals surface area contributed by atoms with Crippen molar-refractivity contribution in [3.8, 4) is 0 Å². The summed E-state index contributed by atoms with van der Waals surface area (Å²) in [6.07, 6.45) is -0.953. The van der Waals surface area contributed by atoms with Gasteiger partial charge in [0.15, 0.2) is 0 Å². The molecule has 188 valence electrons. The third-order valence-electron chi connectivity index (χ3n) is 5.92. The number of hydrogen-bond donors (Lipinski definition) is 6. The van der Waals surface area contributed by atoms with E-state index >= 15 is 0 Å². The molecule has 2 rings (SSSR count). The van der Waals surface area contributed by atoms with Crippen LogP contribution in [0.15, 0.2) is 0 Å². The van der Waals surface area contributed by atoms with Crippen LogP contribution in [-0.2, 0) is 19.2 Å². The van der Waals surface area contributed by atoms with Gasteiger partial charge in [0, 0.05) is 58.9 Å². The third kappa shape index (κ3) is 8.83. The minimum Gasteiger partial charge on any atom is -0.480 e. The van der Waals surface area contributed by atoms with E-state index in [-0.39, 0.29) is 78.5 Å². The second kappa shape index (κ2) is 12.8. The van der Waals surface area contributed by atoms with Crippen LogP contribution < -0.4 is 5.32 Å². The van der Waals surface area contributed by atoms with Crippen LogP contribution in [0.1, 0.15) is 0 Å². The van der Waals surface area contributed by atoms with Gasteiger partial charge in [-0.2, -0.15) is 0 Å². The highest BCUT2D eigenvalue weighted by molar-refractivity contribution is 5.75. The van der Waals surface area contributed by atoms with Gasteiger partial charge in [0.25, 0.3) is 0 Å². The number of carbonyl (C=O) groups is 4.